The molecule has 124 valence electrons. The summed E-state index contributed by atoms with van der Waals surface area (Å²) in [6.07, 6.45) is -1.45. The molecule has 1 heterocycles. The van der Waals surface area contributed by atoms with Crippen LogP contribution in [0.15, 0.2) is 16.7 Å². The maximum atomic E-state index is 12.3. The zero-order valence-corrected chi connectivity index (χ0v) is 13.9. The Balaban J connectivity index is 2.13. The molecule has 2 rings (SSSR count). The second kappa shape index (κ2) is 6.48. The fourth-order valence-electron chi connectivity index (χ4n) is 2.26. The van der Waals surface area contributed by atoms with Gasteiger partial charge in [-0.15, -0.1) is 0 Å². The summed E-state index contributed by atoms with van der Waals surface area (Å²) in [5, 5.41) is 9.28. The van der Waals surface area contributed by atoms with Crippen molar-refractivity contribution in [3.8, 4) is 11.8 Å². The van der Waals surface area contributed by atoms with Crippen LogP contribution in [0.3, 0.4) is 0 Å². The molecule has 0 saturated heterocycles. The standard InChI is InChI=1S/C15H14BrF3N2O2/c1-14(7-20,9-2-3-9)5-12(22)11-4-13(10(16)6-21-11)23-8-15(17,18)19/h4,6,9H,2-3,5,8H2,1H3. The topological polar surface area (TPSA) is 63.0 Å². The van der Waals surface area contributed by atoms with Gasteiger partial charge in [-0.25, -0.2) is 0 Å². The highest BCUT2D eigenvalue weighted by Gasteiger charge is 2.43. The van der Waals surface area contributed by atoms with E-state index in [1.54, 1.807) is 6.92 Å². The minimum atomic E-state index is -4.47. The van der Waals surface area contributed by atoms with Crippen molar-refractivity contribution in [3.05, 3.63) is 22.4 Å². The van der Waals surface area contributed by atoms with Crippen LogP contribution in [0.4, 0.5) is 13.2 Å². The van der Waals surface area contributed by atoms with Gasteiger partial charge in [0.25, 0.3) is 0 Å². The van der Waals surface area contributed by atoms with Gasteiger partial charge in [-0.3, -0.25) is 9.78 Å². The van der Waals surface area contributed by atoms with Crippen LogP contribution in [-0.2, 0) is 0 Å². The van der Waals surface area contributed by atoms with E-state index in [0.29, 0.717) is 0 Å². The van der Waals surface area contributed by atoms with Crippen molar-refractivity contribution >= 4 is 21.7 Å². The van der Waals surface area contributed by atoms with Crippen molar-refractivity contribution in [1.82, 2.24) is 4.98 Å². The van der Waals surface area contributed by atoms with Crippen LogP contribution >= 0.6 is 15.9 Å². The number of ether oxygens (including phenoxy) is 1. The summed E-state index contributed by atoms with van der Waals surface area (Å²) in [5.74, 6) is -0.302. The third-order valence-electron chi connectivity index (χ3n) is 3.76. The molecule has 0 radical (unpaired) electrons. The van der Waals surface area contributed by atoms with Crippen LogP contribution in [-0.4, -0.2) is 23.6 Å². The van der Waals surface area contributed by atoms with E-state index in [-0.39, 0.29) is 34.0 Å². The van der Waals surface area contributed by atoms with E-state index in [4.69, 9.17) is 0 Å². The van der Waals surface area contributed by atoms with Gasteiger partial charge in [-0.2, -0.15) is 18.4 Å². The number of pyridine rings is 1. The Morgan fingerprint density at radius 2 is 2.17 bits per heavy atom. The highest BCUT2D eigenvalue weighted by atomic mass is 79.9. The molecule has 1 saturated carbocycles. The highest BCUT2D eigenvalue weighted by Crippen LogP contribution is 2.47. The molecule has 1 aliphatic carbocycles. The van der Waals surface area contributed by atoms with E-state index in [1.165, 1.54) is 12.3 Å². The third kappa shape index (κ3) is 4.67. The molecule has 0 N–H and O–H groups in total. The van der Waals surface area contributed by atoms with Gasteiger partial charge in [0.05, 0.1) is 16.0 Å². The minimum Gasteiger partial charge on any atom is -0.483 e. The van der Waals surface area contributed by atoms with Gasteiger partial charge in [0.1, 0.15) is 11.4 Å². The smallest absolute Gasteiger partial charge is 0.422 e. The monoisotopic (exact) mass is 390 g/mol. The second-order valence-electron chi connectivity index (χ2n) is 5.81. The number of carbonyl (C=O) groups is 1. The minimum absolute atomic E-state index is 0.00694. The first-order valence-electron chi connectivity index (χ1n) is 6.94. The predicted molar refractivity (Wildman–Crippen MR) is 78.9 cm³/mol. The molecule has 0 aromatic carbocycles. The van der Waals surface area contributed by atoms with Crippen molar-refractivity contribution in [2.75, 3.05) is 6.61 Å². The number of nitrogens with zero attached hydrogens (tertiary/aromatic N) is 2. The average Bonchev–Trinajstić information content (AvgIpc) is 3.30. The number of hydrogen-bond donors (Lipinski definition) is 0. The van der Waals surface area contributed by atoms with Gasteiger partial charge in [-0.05, 0) is 41.6 Å². The molecule has 1 fully saturated rings. The first-order chi connectivity index (χ1) is 10.6. The van der Waals surface area contributed by atoms with Crippen LogP contribution in [0.5, 0.6) is 5.75 Å². The van der Waals surface area contributed by atoms with E-state index in [1.807, 2.05) is 0 Å². The van der Waals surface area contributed by atoms with Crippen LogP contribution in [0, 0.1) is 22.7 Å². The van der Waals surface area contributed by atoms with E-state index in [9.17, 15) is 23.2 Å². The first kappa shape index (κ1) is 17.7. The molecule has 1 aliphatic rings. The Morgan fingerprint density at radius 1 is 1.52 bits per heavy atom. The molecular weight excluding hydrogens is 377 g/mol. The molecule has 0 aliphatic heterocycles. The molecule has 0 amide bonds. The lowest BCUT2D eigenvalue weighted by Crippen LogP contribution is -2.22. The van der Waals surface area contributed by atoms with Crippen LogP contribution in [0.2, 0.25) is 0 Å². The van der Waals surface area contributed by atoms with Gasteiger partial charge in [-0.1, -0.05) is 0 Å². The number of nitriles is 1. The zero-order chi connectivity index (χ0) is 17.3. The number of rotatable bonds is 6. The molecule has 0 spiro atoms. The Morgan fingerprint density at radius 3 is 2.70 bits per heavy atom. The quantitative estimate of drug-likeness (QED) is 0.679. The normalized spacial score (nSPS) is 17.2. The summed E-state index contributed by atoms with van der Waals surface area (Å²) in [7, 11) is 0. The molecular formula is C15H14BrF3N2O2. The van der Waals surface area contributed by atoms with Gasteiger partial charge >= 0.3 is 6.18 Å². The fraction of sp³-hybridized carbons (Fsp3) is 0.533. The van der Waals surface area contributed by atoms with Gasteiger partial charge in [0.2, 0.25) is 0 Å². The summed E-state index contributed by atoms with van der Waals surface area (Å²) in [6.45, 7) is 0.268. The van der Waals surface area contributed by atoms with Crippen molar-refractivity contribution < 1.29 is 22.7 Å². The number of hydrogen-bond acceptors (Lipinski definition) is 4. The third-order valence-corrected chi connectivity index (χ3v) is 4.35. The summed E-state index contributed by atoms with van der Waals surface area (Å²) in [4.78, 5) is 16.2. The number of Topliss-reactive ketones (excluding diaryl/α,β-unsaturated/α-hetero) is 1. The SMILES string of the molecule is CC(C#N)(CC(=O)c1cc(OCC(F)(F)F)c(Br)cn1)C1CC1. The molecule has 0 bridgehead atoms. The van der Waals surface area contributed by atoms with Crippen molar-refractivity contribution in [2.24, 2.45) is 11.3 Å². The molecule has 1 aromatic heterocycles. The lowest BCUT2D eigenvalue weighted by molar-refractivity contribution is -0.153. The largest absolute Gasteiger partial charge is 0.483 e. The number of aromatic nitrogens is 1. The van der Waals surface area contributed by atoms with Crippen LogP contribution in [0.25, 0.3) is 0 Å². The molecule has 1 aromatic rings. The first-order valence-corrected chi connectivity index (χ1v) is 7.73. The van der Waals surface area contributed by atoms with Crippen LogP contribution < -0.4 is 4.74 Å². The molecule has 4 nitrogen and oxygen atoms in total. The maximum absolute atomic E-state index is 12.3. The average molecular weight is 391 g/mol. The summed E-state index contributed by atoms with van der Waals surface area (Å²) in [5.41, 5.74) is -0.772. The van der Waals surface area contributed by atoms with E-state index in [0.717, 1.165) is 12.8 Å². The second-order valence-corrected chi connectivity index (χ2v) is 6.66. The predicted octanol–water partition coefficient (Wildman–Crippen LogP) is 4.30. The Kier molecular flexibility index (Phi) is 4.99. The maximum Gasteiger partial charge on any atom is 0.422 e. The van der Waals surface area contributed by atoms with Crippen LogP contribution in [0.1, 0.15) is 36.7 Å². The van der Waals surface area contributed by atoms with E-state index < -0.39 is 18.2 Å². The summed E-state index contributed by atoms with van der Waals surface area (Å²) in [6, 6.07) is 3.34. The van der Waals surface area contributed by atoms with Gasteiger partial charge < -0.3 is 4.74 Å². The number of halogens is 4. The van der Waals surface area contributed by atoms with Gasteiger partial charge in [0, 0.05) is 18.7 Å². The lowest BCUT2D eigenvalue weighted by atomic mass is 9.81. The molecule has 8 heteroatoms. The molecule has 1 unspecified atom stereocenters. The van der Waals surface area contributed by atoms with E-state index in [2.05, 4.69) is 31.7 Å². The molecule has 23 heavy (non-hydrogen) atoms. The van der Waals surface area contributed by atoms with Crippen molar-refractivity contribution in [2.45, 2.75) is 32.4 Å². The Hall–Kier alpha value is -1.62. The fourth-order valence-corrected chi connectivity index (χ4v) is 2.59. The number of alkyl halides is 3. The van der Waals surface area contributed by atoms with E-state index >= 15 is 0 Å². The number of carbonyl (C=O) groups excluding carboxylic acids is 1. The Bertz CT molecular complexity index is 653. The van der Waals surface area contributed by atoms with Crippen molar-refractivity contribution in [1.29, 1.82) is 5.26 Å². The summed E-state index contributed by atoms with van der Waals surface area (Å²) >= 11 is 3.04. The highest BCUT2D eigenvalue weighted by molar-refractivity contribution is 9.10. The molecule has 1 atom stereocenters. The van der Waals surface area contributed by atoms with Crippen molar-refractivity contribution in [3.63, 3.8) is 0 Å². The number of ketones is 1. The van der Waals surface area contributed by atoms with Gasteiger partial charge in [0.15, 0.2) is 12.4 Å². The summed E-state index contributed by atoms with van der Waals surface area (Å²) < 4.78 is 41.6. The Labute approximate surface area is 139 Å². The zero-order valence-electron chi connectivity index (χ0n) is 12.3. The lowest BCUT2D eigenvalue weighted by Gasteiger charge is -2.19.